The molecule has 1 unspecified atom stereocenters. The van der Waals surface area contributed by atoms with E-state index in [-0.39, 0.29) is 18.6 Å². The molecule has 132 valence electrons. The van der Waals surface area contributed by atoms with Gasteiger partial charge in [-0.15, -0.1) is 11.3 Å². The van der Waals surface area contributed by atoms with Gasteiger partial charge in [0, 0.05) is 12.1 Å². The Bertz CT molecular complexity index is 787. The molecular formula is C18H18ClNO4S. The Balaban J connectivity index is 1.79. The minimum absolute atomic E-state index is 0.0158. The number of amides is 1. The molecule has 2 rings (SSSR count). The van der Waals surface area contributed by atoms with Crippen LogP contribution in [0, 0.1) is 6.92 Å². The second-order valence-electron chi connectivity index (χ2n) is 5.52. The summed E-state index contributed by atoms with van der Waals surface area (Å²) in [6.45, 7) is 3.40. The van der Waals surface area contributed by atoms with Crippen molar-refractivity contribution in [2.24, 2.45) is 0 Å². The third-order valence-electron chi connectivity index (χ3n) is 3.37. The molecule has 1 aromatic carbocycles. The highest BCUT2D eigenvalue weighted by Crippen LogP contribution is 2.23. The Hall–Kier alpha value is -2.18. The molecule has 5 nitrogen and oxygen atoms in total. The van der Waals surface area contributed by atoms with E-state index in [4.69, 9.17) is 16.3 Å². The Morgan fingerprint density at radius 1 is 1.20 bits per heavy atom. The Labute approximate surface area is 154 Å². The largest absolute Gasteiger partial charge is 0.453 e. The molecule has 0 fully saturated rings. The van der Waals surface area contributed by atoms with Gasteiger partial charge in [0.25, 0.3) is 5.91 Å². The van der Waals surface area contributed by atoms with Crippen molar-refractivity contribution in [1.29, 1.82) is 0 Å². The van der Waals surface area contributed by atoms with E-state index in [1.54, 1.807) is 18.2 Å². The molecule has 0 saturated carbocycles. The number of aryl methyl sites for hydroxylation is 1. The van der Waals surface area contributed by atoms with E-state index < -0.39 is 18.0 Å². The number of thiophene rings is 1. The van der Waals surface area contributed by atoms with Crippen LogP contribution in [0.1, 0.15) is 35.0 Å². The van der Waals surface area contributed by atoms with Crippen LogP contribution in [0.25, 0.3) is 0 Å². The average molecular weight is 380 g/mol. The van der Waals surface area contributed by atoms with Gasteiger partial charge in [0.1, 0.15) is 0 Å². The molecule has 0 aliphatic rings. The minimum atomic E-state index is -0.945. The lowest BCUT2D eigenvalue weighted by molar-refractivity contribution is -0.153. The molecule has 0 aliphatic heterocycles. The number of ether oxygens (including phenoxy) is 1. The molecule has 1 aromatic heterocycles. The van der Waals surface area contributed by atoms with Crippen molar-refractivity contribution in [2.45, 2.75) is 32.8 Å². The number of nitrogens with one attached hydrogen (secondary N) is 1. The lowest BCUT2D eigenvalue weighted by Crippen LogP contribution is -2.30. The quantitative estimate of drug-likeness (QED) is 0.576. The van der Waals surface area contributed by atoms with Crippen molar-refractivity contribution >= 4 is 46.3 Å². The van der Waals surface area contributed by atoms with Gasteiger partial charge in [0.05, 0.1) is 15.6 Å². The minimum Gasteiger partial charge on any atom is -0.453 e. The number of Topliss-reactive ketones (excluding diaryl/α,β-unsaturated/α-hetero) is 1. The zero-order valence-electron chi connectivity index (χ0n) is 13.9. The molecule has 1 amide bonds. The van der Waals surface area contributed by atoms with Gasteiger partial charge in [-0.05, 0) is 43.7 Å². The van der Waals surface area contributed by atoms with Gasteiger partial charge in [0.2, 0.25) is 0 Å². The first-order valence-corrected chi connectivity index (χ1v) is 8.90. The van der Waals surface area contributed by atoms with Gasteiger partial charge in [0.15, 0.2) is 11.9 Å². The zero-order chi connectivity index (χ0) is 18.4. The van der Waals surface area contributed by atoms with Gasteiger partial charge >= 0.3 is 5.97 Å². The maximum absolute atomic E-state index is 12.1. The smallest absolute Gasteiger partial charge is 0.307 e. The molecule has 1 N–H and O–H groups in total. The van der Waals surface area contributed by atoms with Crippen molar-refractivity contribution in [3.05, 3.63) is 51.2 Å². The third-order valence-corrected chi connectivity index (χ3v) is 4.64. The number of hydrogen-bond acceptors (Lipinski definition) is 5. The summed E-state index contributed by atoms with van der Waals surface area (Å²) >= 11 is 6.95. The molecule has 1 atom stereocenters. The molecule has 25 heavy (non-hydrogen) atoms. The van der Waals surface area contributed by atoms with Crippen LogP contribution in [0.15, 0.2) is 36.4 Å². The lowest BCUT2D eigenvalue weighted by atomic mass is 10.2. The summed E-state index contributed by atoms with van der Waals surface area (Å²) in [6, 6.07) is 10.6. The first kappa shape index (κ1) is 19.1. The highest BCUT2D eigenvalue weighted by molar-refractivity contribution is 7.18. The fourth-order valence-electron chi connectivity index (χ4n) is 2.08. The number of benzene rings is 1. The molecule has 0 spiro atoms. The van der Waals surface area contributed by atoms with Crippen molar-refractivity contribution < 1.29 is 19.1 Å². The number of anilines is 1. The number of halogens is 1. The molecule has 2 aromatic rings. The van der Waals surface area contributed by atoms with Crippen LogP contribution < -0.4 is 5.32 Å². The van der Waals surface area contributed by atoms with E-state index >= 15 is 0 Å². The van der Waals surface area contributed by atoms with Gasteiger partial charge in [-0.1, -0.05) is 23.7 Å². The van der Waals surface area contributed by atoms with E-state index in [0.717, 1.165) is 5.56 Å². The van der Waals surface area contributed by atoms with Crippen LogP contribution in [0.2, 0.25) is 4.34 Å². The summed E-state index contributed by atoms with van der Waals surface area (Å²) < 4.78 is 5.60. The molecule has 0 bridgehead atoms. The first-order valence-electron chi connectivity index (χ1n) is 7.70. The van der Waals surface area contributed by atoms with Crippen molar-refractivity contribution in [1.82, 2.24) is 0 Å². The Morgan fingerprint density at radius 2 is 1.96 bits per heavy atom. The molecule has 0 radical (unpaired) electrons. The van der Waals surface area contributed by atoms with Crippen molar-refractivity contribution in [3.8, 4) is 0 Å². The highest BCUT2D eigenvalue weighted by atomic mass is 35.5. The Kier molecular flexibility index (Phi) is 6.73. The summed E-state index contributed by atoms with van der Waals surface area (Å²) in [5.41, 5.74) is 1.65. The number of ketones is 1. The average Bonchev–Trinajstić information content (AvgIpc) is 2.99. The predicted molar refractivity (Wildman–Crippen MR) is 98.3 cm³/mol. The number of rotatable bonds is 7. The lowest BCUT2D eigenvalue weighted by Gasteiger charge is -2.13. The van der Waals surface area contributed by atoms with E-state index in [1.165, 1.54) is 18.3 Å². The number of carbonyl (C=O) groups is 3. The van der Waals surface area contributed by atoms with Gasteiger partial charge in [-0.2, -0.15) is 0 Å². The monoisotopic (exact) mass is 379 g/mol. The second-order valence-corrected chi connectivity index (χ2v) is 7.23. The SMILES string of the molecule is Cc1cccc(NC(=O)C(C)OC(=O)CCC(=O)c2ccc(Cl)s2)c1. The van der Waals surface area contributed by atoms with E-state index in [1.807, 2.05) is 25.1 Å². The summed E-state index contributed by atoms with van der Waals surface area (Å²) in [7, 11) is 0. The number of hydrogen-bond donors (Lipinski definition) is 1. The van der Waals surface area contributed by atoms with Gasteiger partial charge in [-0.3, -0.25) is 14.4 Å². The Morgan fingerprint density at radius 3 is 2.60 bits per heavy atom. The fourth-order valence-corrected chi connectivity index (χ4v) is 3.09. The van der Waals surface area contributed by atoms with E-state index in [2.05, 4.69) is 5.32 Å². The van der Waals surface area contributed by atoms with Crippen LogP contribution in [0.5, 0.6) is 0 Å². The second kappa shape index (κ2) is 8.78. The van der Waals surface area contributed by atoms with E-state index in [9.17, 15) is 14.4 Å². The predicted octanol–water partition coefficient (Wildman–Crippen LogP) is 4.24. The van der Waals surface area contributed by atoms with Crippen LogP contribution in [0.3, 0.4) is 0 Å². The zero-order valence-corrected chi connectivity index (χ0v) is 15.4. The summed E-state index contributed by atoms with van der Waals surface area (Å²) in [4.78, 5) is 36.3. The highest BCUT2D eigenvalue weighted by Gasteiger charge is 2.19. The summed E-state index contributed by atoms with van der Waals surface area (Å²) in [6.07, 6.45) is -1.02. The first-order chi connectivity index (χ1) is 11.8. The molecule has 1 heterocycles. The molecular weight excluding hydrogens is 362 g/mol. The summed E-state index contributed by atoms with van der Waals surface area (Å²) in [5, 5.41) is 2.69. The maximum atomic E-state index is 12.1. The van der Waals surface area contributed by atoms with Crippen LogP contribution in [-0.2, 0) is 14.3 Å². The number of carbonyl (C=O) groups excluding carboxylic acids is 3. The normalized spacial score (nSPS) is 11.6. The summed E-state index contributed by atoms with van der Waals surface area (Å²) in [5.74, 6) is -1.19. The topological polar surface area (TPSA) is 72.5 Å². The van der Waals surface area contributed by atoms with E-state index in [0.29, 0.717) is 14.9 Å². The third kappa shape index (κ3) is 5.99. The van der Waals surface area contributed by atoms with Crippen molar-refractivity contribution in [3.63, 3.8) is 0 Å². The maximum Gasteiger partial charge on any atom is 0.307 e. The molecule has 7 heteroatoms. The standard InChI is InChI=1S/C18H18ClNO4S/c1-11-4-3-5-13(10-11)20-18(23)12(2)24-17(22)9-6-14(21)15-7-8-16(19)25-15/h3-5,7-8,10,12H,6,9H2,1-2H3,(H,20,23). The molecule has 0 aliphatic carbocycles. The van der Waals surface area contributed by atoms with Crippen molar-refractivity contribution in [2.75, 3.05) is 5.32 Å². The van der Waals surface area contributed by atoms with Gasteiger partial charge < -0.3 is 10.1 Å². The van der Waals surface area contributed by atoms with Crippen LogP contribution in [-0.4, -0.2) is 23.8 Å². The number of esters is 1. The van der Waals surface area contributed by atoms with Crippen LogP contribution >= 0.6 is 22.9 Å². The van der Waals surface area contributed by atoms with Gasteiger partial charge in [-0.25, -0.2) is 0 Å². The van der Waals surface area contributed by atoms with Crippen LogP contribution in [0.4, 0.5) is 5.69 Å². The fraction of sp³-hybridized carbons (Fsp3) is 0.278. The molecule has 0 saturated heterocycles.